The van der Waals surface area contributed by atoms with Crippen LogP contribution in [0.15, 0.2) is 12.3 Å². The first-order valence-corrected chi connectivity index (χ1v) is 3.90. The number of nitrogens with zero attached hydrogens (tertiary/aromatic N) is 1. The van der Waals surface area contributed by atoms with Crippen molar-refractivity contribution in [2.24, 2.45) is 0 Å². The van der Waals surface area contributed by atoms with Crippen LogP contribution < -0.4 is 4.74 Å². The smallest absolute Gasteiger partial charge is 0.224 e. The summed E-state index contributed by atoms with van der Waals surface area (Å²) in [7, 11) is 0. The molecule has 0 saturated carbocycles. The Morgan fingerprint density at radius 3 is 3.25 bits per heavy atom. The van der Waals surface area contributed by atoms with Crippen LogP contribution in [0.3, 0.4) is 0 Å². The molecular formula is C9H9NO2. The lowest BCUT2D eigenvalue weighted by atomic mass is 10.1. The van der Waals surface area contributed by atoms with Crippen molar-refractivity contribution in [2.45, 2.75) is 13.3 Å². The van der Waals surface area contributed by atoms with E-state index in [0.717, 1.165) is 5.56 Å². The van der Waals surface area contributed by atoms with Gasteiger partial charge in [0.2, 0.25) is 5.88 Å². The second-order valence-corrected chi connectivity index (χ2v) is 2.89. The van der Waals surface area contributed by atoms with Crippen LogP contribution in [0.1, 0.15) is 22.3 Å². The number of hydrogen-bond acceptors (Lipinski definition) is 3. The highest BCUT2D eigenvalue weighted by molar-refractivity contribution is 5.99. The van der Waals surface area contributed by atoms with E-state index in [1.54, 1.807) is 6.20 Å². The Balaban J connectivity index is 2.54. The Labute approximate surface area is 70.4 Å². The standard InChI is InChI=1S/C9H9NO2/c1-6-4-7-8(11)2-3-12-9(7)10-5-6/h4-5H,2-3H2,1H3. The highest BCUT2D eigenvalue weighted by atomic mass is 16.5. The molecule has 1 aromatic rings. The fourth-order valence-electron chi connectivity index (χ4n) is 1.25. The summed E-state index contributed by atoms with van der Waals surface area (Å²) in [4.78, 5) is 15.3. The maximum atomic E-state index is 11.3. The number of carbonyl (C=O) groups is 1. The third-order valence-electron chi connectivity index (χ3n) is 1.86. The molecule has 0 radical (unpaired) electrons. The van der Waals surface area contributed by atoms with Crippen molar-refractivity contribution in [2.75, 3.05) is 6.61 Å². The van der Waals surface area contributed by atoms with Gasteiger partial charge in [-0.05, 0) is 18.6 Å². The van der Waals surface area contributed by atoms with Crippen molar-refractivity contribution in [1.29, 1.82) is 0 Å². The van der Waals surface area contributed by atoms with Gasteiger partial charge in [0.05, 0.1) is 12.2 Å². The molecule has 1 aromatic heterocycles. The van der Waals surface area contributed by atoms with Gasteiger partial charge in [0.1, 0.15) is 0 Å². The number of aromatic nitrogens is 1. The number of rotatable bonds is 0. The number of ketones is 1. The van der Waals surface area contributed by atoms with Crippen molar-refractivity contribution in [1.82, 2.24) is 4.98 Å². The van der Waals surface area contributed by atoms with Crippen molar-refractivity contribution < 1.29 is 9.53 Å². The highest BCUT2D eigenvalue weighted by Crippen LogP contribution is 2.22. The van der Waals surface area contributed by atoms with E-state index in [9.17, 15) is 4.79 Å². The van der Waals surface area contributed by atoms with Crippen LogP contribution in [0, 0.1) is 6.92 Å². The van der Waals surface area contributed by atoms with Crippen LogP contribution in [0.25, 0.3) is 0 Å². The lowest BCUT2D eigenvalue weighted by molar-refractivity contribution is 0.0929. The summed E-state index contributed by atoms with van der Waals surface area (Å²) in [6, 6.07) is 1.82. The maximum absolute atomic E-state index is 11.3. The van der Waals surface area contributed by atoms with E-state index in [4.69, 9.17) is 4.74 Å². The van der Waals surface area contributed by atoms with Crippen LogP contribution in [-0.4, -0.2) is 17.4 Å². The van der Waals surface area contributed by atoms with Crippen molar-refractivity contribution >= 4 is 5.78 Å². The molecule has 3 nitrogen and oxygen atoms in total. The van der Waals surface area contributed by atoms with E-state index in [2.05, 4.69) is 4.98 Å². The Morgan fingerprint density at radius 2 is 2.42 bits per heavy atom. The monoisotopic (exact) mass is 163 g/mol. The quantitative estimate of drug-likeness (QED) is 0.579. The SMILES string of the molecule is Cc1cnc2c(c1)C(=O)CCO2. The van der Waals surface area contributed by atoms with Crippen molar-refractivity contribution in [3.63, 3.8) is 0 Å². The van der Waals surface area contributed by atoms with E-state index in [1.807, 2.05) is 13.0 Å². The van der Waals surface area contributed by atoms with Gasteiger partial charge in [-0.15, -0.1) is 0 Å². The summed E-state index contributed by atoms with van der Waals surface area (Å²) in [6.07, 6.45) is 2.18. The predicted octanol–water partition coefficient (Wildman–Crippen LogP) is 1.36. The molecule has 0 aromatic carbocycles. The first-order chi connectivity index (χ1) is 5.77. The number of carbonyl (C=O) groups excluding carboxylic acids is 1. The number of aryl methyl sites for hydroxylation is 1. The van der Waals surface area contributed by atoms with E-state index in [0.29, 0.717) is 24.5 Å². The number of fused-ring (bicyclic) bond motifs is 1. The fourth-order valence-corrected chi connectivity index (χ4v) is 1.25. The molecule has 1 aliphatic heterocycles. The molecule has 0 atom stereocenters. The molecule has 2 rings (SSSR count). The van der Waals surface area contributed by atoms with Crippen LogP contribution in [0.5, 0.6) is 5.88 Å². The Bertz CT molecular complexity index is 333. The fraction of sp³-hybridized carbons (Fsp3) is 0.333. The molecular weight excluding hydrogens is 154 g/mol. The van der Waals surface area contributed by atoms with Crippen molar-refractivity contribution in [3.8, 4) is 5.88 Å². The van der Waals surface area contributed by atoms with Crippen LogP contribution >= 0.6 is 0 Å². The molecule has 0 saturated heterocycles. The lowest BCUT2D eigenvalue weighted by Crippen LogP contribution is -2.16. The minimum atomic E-state index is 0.132. The molecule has 3 heteroatoms. The first kappa shape index (κ1) is 7.28. The molecule has 1 aliphatic rings. The van der Waals surface area contributed by atoms with Crippen LogP contribution in [0.2, 0.25) is 0 Å². The number of ether oxygens (including phenoxy) is 1. The van der Waals surface area contributed by atoms with Gasteiger partial charge in [-0.1, -0.05) is 0 Å². The van der Waals surface area contributed by atoms with Gasteiger partial charge < -0.3 is 4.74 Å². The Morgan fingerprint density at radius 1 is 1.58 bits per heavy atom. The molecule has 62 valence electrons. The van der Waals surface area contributed by atoms with Gasteiger partial charge >= 0.3 is 0 Å². The molecule has 0 unspecified atom stereocenters. The highest BCUT2D eigenvalue weighted by Gasteiger charge is 2.18. The third kappa shape index (κ3) is 1.07. The molecule has 0 aliphatic carbocycles. The average Bonchev–Trinajstić information content (AvgIpc) is 2.07. The van der Waals surface area contributed by atoms with Crippen LogP contribution in [0.4, 0.5) is 0 Å². The van der Waals surface area contributed by atoms with E-state index in [1.165, 1.54) is 0 Å². The van der Waals surface area contributed by atoms with E-state index < -0.39 is 0 Å². The summed E-state index contributed by atoms with van der Waals surface area (Å²) < 4.78 is 5.22. The molecule has 2 heterocycles. The zero-order valence-corrected chi connectivity index (χ0v) is 6.83. The largest absolute Gasteiger partial charge is 0.477 e. The maximum Gasteiger partial charge on any atom is 0.224 e. The minimum Gasteiger partial charge on any atom is -0.477 e. The van der Waals surface area contributed by atoms with Gasteiger partial charge in [-0.25, -0.2) is 4.98 Å². The summed E-state index contributed by atoms with van der Waals surface area (Å²) in [5.74, 6) is 0.615. The molecule has 0 bridgehead atoms. The van der Waals surface area contributed by atoms with E-state index in [-0.39, 0.29) is 5.78 Å². The van der Waals surface area contributed by atoms with Gasteiger partial charge in [-0.3, -0.25) is 4.79 Å². The zero-order chi connectivity index (χ0) is 8.55. The minimum absolute atomic E-state index is 0.132. The van der Waals surface area contributed by atoms with Crippen LogP contribution in [-0.2, 0) is 0 Å². The second kappa shape index (κ2) is 2.59. The lowest BCUT2D eigenvalue weighted by Gasteiger charge is -2.14. The average molecular weight is 163 g/mol. The number of pyridine rings is 1. The second-order valence-electron chi connectivity index (χ2n) is 2.89. The summed E-state index contributed by atoms with van der Waals surface area (Å²) in [5.41, 5.74) is 1.62. The van der Waals surface area contributed by atoms with Gasteiger partial charge in [0, 0.05) is 12.6 Å². The summed E-state index contributed by atoms with van der Waals surface area (Å²) in [5, 5.41) is 0. The van der Waals surface area contributed by atoms with Gasteiger partial charge in [0.15, 0.2) is 5.78 Å². The predicted molar refractivity (Wildman–Crippen MR) is 43.4 cm³/mol. The van der Waals surface area contributed by atoms with E-state index >= 15 is 0 Å². The molecule has 0 fully saturated rings. The molecule has 0 spiro atoms. The Hall–Kier alpha value is -1.38. The topological polar surface area (TPSA) is 39.2 Å². The summed E-state index contributed by atoms with van der Waals surface area (Å²) in [6.45, 7) is 2.37. The van der Waals surface area contributed by atoms with Gasteiger partial charge in [0.25, 0.3) is 0 Å². The normalized spacial score (nSPS) is 15.2. The molecule has 12 heavy (non-hydrogen) atoms. The first-order valence-electron chi connectivity index (χ1n) is 3.90. The number of hydrogen-bond donors (Lipinski definition) is 0. The zero-order valence-electron chi connectivity index (χ0n) is 6.83. The molecule has 0 amide bonds. The molecule has 0 N–H and O–H groups in total. The van der Waals surface area contributed by atoms with Crippen molar-refractivity contribution in [3.05, 3.63) is 23.4 Å². The number of Topliss-reactive ketones (excluding diaryl/α,β-unsaturated/α-hetero) is 1. The third-order valence-corrected chi connectivity index (χ3v) is 1.86. The van der Waals surface area contributed by atoms with Gasteiger partial charge in [-0.2, -0.15) is 0 Å². The Kier molecular flexibility index (Phi) is 1.57. The summed E-state index contributed by atoms with van der Waals surface area (Å²) >= 11 is 0.